The van der Waals surface area contributed by atoms with E-state index in [1.807, 2.05) is 12.1 Å². The van der Waals surface area contributed by atoms with Crippen molar-refractivity contribution in [1.29, 1.82) is 0 Å². The molecule has 1 aromatic heterocycles. The average Bonchev–Trinajstić information content (AvgIpc) is 2.30. The summed E-state index contributed by atoms with van der Waals surface area (Å²) in [5, 5.41) is 0. The molecule has 1 fully saturated rings. The molecular weight excluding hydrogens is 268 g/mol. The van der Waals surface area contributed by atoms with E-state index in [-0.39, 0.29) is 0 Å². The van der Waals surface area contributed by atoms with Gasteiger partial charge in [-0.25, -0.2) is 4.98 Å². The van der Waals surface area contributed by atoms with Crippen LogP contribution in [0.4, 0.5) is 5.82 Å². The van der Waals surface area contributed by atoms with E-state index in [2.05, 4.69) is 31.9 Å². The SMILES string of the molecule is COCC1CCCN(c2cccc(Br)n2)C1. The minimum absolute atomic E-state index is 0.638. The molecule has 1 atom stereocenters. The number of methoxy groups -OCH3 is 1. The lowest BCUT2D eigenvalue weighted by molar-refractivity contribution is 0.143. The summed E-state index contributed by atoms with van der Waals surface area (Å²) in [7, 11) is 1.77. The summed E-state index contributed by atoms with van der Waals surface area (Å²) in [6, 6.07) is 6.06. The number of halogens is 1. The quantitative estimate of drug-likeness (QED) is 0.798. The smallest absolute Gasteiger partial charge is 0.129 e. The van der Waals surface area contributed by atoms with E-state index in [1.165, 1.54) is 12.8 Å². The third-order valence-corrected chi connectivity index (χ3v) is 3.39. The van der Waals surface area contributed by atoms with Gasteiger partial charge in [0.1, 0.15) is 10.4 Å². The largest absolute Gasteiger partial charge is 0.384 e. The van der Waals surface area contributed by atoms with E-state index in [9.17, 15) is 0 Å². The van der Waals surface area contributed by atoms with Crippen molar-refractivity contribution in [3.8, 4) is 0 Å². The highest BCUT2D eigenvalue weighted by Crippen LogP contribution is 2.22. The zero-order chi connectivity index (χ0) is 11.4. The van der Waals surface area contributed by atoms with Crippen LogP contribution in [0.15, 0.2) is 22.8 Å². The summed E-state index contributed by atoms with van der Waals surface area (Å²) < 4.78 is 6.13. The number of rotatable bonds is 3. The first-order chi connectivity index (χ1) is 7.79. The monoisotopic (exact) mass is 284 g/mol. The molecule has 1 unspecified atom stereocenters. The predicted molar refractivity (Wildman–Crippen MR) is 68.8 cm³/mol. The Morgan fingerprint density at radius 2 is 2.44 bits per heavy atom. The van der Waals surface area contributed by atoms with Gasteiger partial charge in [-0.3, -0.25) is 0 Å². The molecule has 0 aromatic carbocycles. The lowest BCUT2D eigenvalue weighted by Gasteiger charge is -2.33. The van der Waals surface area contributed by atoms with Crippen molar-refractivity contribution in [2.45, 2.75) is 12.8 Å². The van der Waals surface area contributed by atoms with Gasteiger partial charge in [-0.1, -0.05) is 6.07 Å². The van der Waals surface area contributed by atoms with E-state index in [0.717, 1.165) is 30.1 Å². The van der Waals surface area contributed by atoms with Gasteiger partial charge in [-0.05, 0) is 46.8 Å². The number of aromatic nitrogens is 1. The summed E-state index contributed by atoms with van der Waals surface area (Å²) in [6.07, 6.45) is 2.49. The molecule has 2 rings (SSSR count). The van der Waals surface area contributed by atoms with Crippen molar-refractivity contribution in [2.75, 3.05) is 31.7 Å². The molecule has 1 aromatic rings. The maximum Gasteiger partial charge on any atom is 0.129 e. The summed E-state index contributed by atoms with van der Waals surface area (Å²) in [5.74, 6) is 1.70. The van der Waals surface area contributed by atoms with Crippen molar-refractivity contribution < 1.29 is 4.74 Å². The molecule has 0 bridgehead atoms. The molecule has 2 heterocycles. The van der Waals surface area contributed by atoms with Crippen LogP contribution in [0.25, 0.3) is 0 Å². The molecule has 0 spiro atoms. The zero-order valence-electron chi connectivity index (χ0n) is 9.53. The molecule has 4 heteroatoms. The second-order valence-corrected chi connectivity index (χ2v) is 5.04. The van der Waals surface area contributed by atoms with Crippen molar-refractivity contribution in [3.05, 3.63) is 22.8 Å². The van der Waals surface area contributed by atoms with Gasteiger partial charge in [0.25, 0.3) is 0 Å². The van der Waals surface area contributed by atoms with Gasteiger partial charge in [0.2, 0.25) is 0 Å². The predicted octanol–water partition coefficient (Wildman–Crippen LogP) is 2.71. The Hall–Kier alpha value is -0.610. The average molecular weight is 285 g/mol. The number of ether oxygens (including phenoxy) is 1. The van der Waals surface area contributed by atoms with Crippen molar-refractivity contribution in [3.63, 3.8) is 0 Å². The third kappa shape index (κ3) is 2.95. The zero-order valence-corrected chi connectivity index (χ0v) is 11.1. The van der Waals surface area contributed by atoms with Gasteiger partial charge >= 0.3 is 0 Å². The highest BCUT2D eigenvalue weighted by Gasteiger charge is 2.20. The Kier molecular flexibility index (Phi) is 4.18. The molecule has 0 radical (unpaired) electrons. The number of nitrogens with zero attached hydrogens (tertiary/aromatic N) is 2. The van der Waals surface area contributed by atoms with E-state index in [1.54, 1.807) is 7.11 Å². The second kappa shape index (κ2) is 5.64. The normalized spacial score (nSPS) is 21.1. The summed E-state index contributed by atoms with van der Waals surface area (Å²) in [6.45, 7) is 3.01. The Morgan fingerprint density at radius 3 is 3.19 bits per heavy atom. The number of hydrogen-bond donors (Lipinski definition) is 0. The topological polar surface area (TPSA) is 25.4 Å². The molecule has 0 amide bonds. The highest BCUT2D eigenvalue weighted by molar-refractivity contribution is 9.10. The van der Waals surface area contributed by atoms with Gasteiger partial charge < -0.3 is 9.64 Å². The maximum absolute atomic E-state index is 5.23. The lowest BCUT2D eigenvalue weighted by Crippen LogP contribution is -2.37. The molecule has 1 aliphatic rings. The number of piperidine rings is 1. The first-order valence-corrected chi connectivity index (χ1v) is 6.45. The maximum atomic E-state index is 5.23. The molecule has 88 valence electrons. The summed E-state index contributed by atoms with van der Waals surface area (Å²) in [5.41, 5.74) is 0. The first kappa shape index (κ1) is 11.9. The second-order valence-electron chi connectivity index (χ2n) is 4.23. The summed E-state index contributed by atoms with van der Waals surface area (Å²) >= 11 is 3.41. The Labute approximate surface area is 105 Å². The highest BCUT2D eigenvalue weighted by atomic mass is 79.9. The molecule has 1 aliphatic heterocycles. The van der Waals surface area contributed by atoms with Gasteiger partial charge in [0, 0.05) is 20.2 Å². The van der Waals surface area contributed by atoms with Crippen molar-refractivity contribution in [1.82, 2.24) is 4.98 Å². The summed E-state index contributed by atoms with van der Waals surface area (Å²) in [4.78, 5) is 6.84. The molecule has 0 N–H and O–H groups in total. The minimum atomic E-state index is 0.638. The Bertz CT molecular complexity index is 344. The van der Waals surface area contributed by atoms with Gasteiger partial charge in [0.15, 0.2) is 0 Å². The number of anilines is 1. The molecule has 16 heavy (non-hydrogen) atoms. The van der Waals surface area contributed by atoms with Gasteiger partial charge in [0.05, 0.1) is 6.61 Å². The number of pyridine rings is 1. The molecule has 3 nitrogen and oxygen atoms in total. The van der Waals surface area contributed by atoms with Gasteiger partial charge in [-0.15, -0.1) is 0 Å². The van der Waals surface area contributed by atoms with Crippen LogP contribution in [-0.4, -0.2) is 31.8 Å². The van der Waals surface area contributed by atoms with Crippen LogP contribution in [0.5, 0.6) is 0 Å². The van der Waals surface area contributed by atoms with Gasteiger partial charge in [-0.2, -0.15) is 0 Å². The van der Waals surface area contributed by atoms with Crippen LogP contribution in [0.1, 0.15) is 12.8 Å². The van der Waals surface area contributed by atoms with Crippen LogP contribution in [0, 0.1) is 5.92 Å². The molecular formula is C12H17BrN2O. The fourth-order valence-corrected chi connectivity index (χ4v) is 2.55. The fourth-order valence-electron chi connectivity index (χ4n) is 2.22. The number of hydrogen-bond acceptors (Lipinski definition) is 3. The first-order valence-electron chi connectivity index (χ1n) is 5.66. The molecule has 0 saturated carbocycles. The third-order valence-electron chi connectivity index (χ3n) is 2.95. The fraction of sp³-hybridized carbons (Fsp3) is 0.583. The molecule has 1 saturated heterocycles. The van der Waals surface area contributed by atoms with E-state index < -0.39 is 0 Å². The Morgan fingerprint density at radius 1 is 1.56 bits per heavy atom. The van der Waals surface area contributed by atoms with E-state index >= 15 is 0 Å². The standard InChI is InChI=1S/C12H17BrN2O/c1-16-9-10-4-3-7-15(8-10)12-6-2-5-11(13)14-12/h2,5-6,10H,3-4,7-9H2,1H3. The van der Waals surface area contributed by atoms with Crippen molar-refractivity contribution >= 4 is 21.7 Å². The lowest BCUT2D eigenvalue weighted by atomic mass is 9.99. The van der Waals surface area contributed by atoms with E-state index in [4.69, 9.17) is 4.74 Å². The van der Waals surface area contributed by atoms with E-state index in [0.29, 0.717) is 5.92 Å². The Balaban J connectivity index is 2.03. The van der Waals surface area contributed by atoms with Crippen LogP contribution >= 0.6 is 15.9 Å². The molecule has 0 aliphatic carbocycles. The van der Waals surface area contributed by atoms with Crippen molar-refractivity contribution in [2.24, 2.45) is 5.92 Å². The minimum Gasteiger partial charge on any atom is -0.384 e. The van der Waals surface area contributed by atoms with Crippen LogP contribution < -0.4 is 4.90 Å². The van der Waals surface area contributed by atoms with Crippen LogP contribution in [0.2, 0.25) is 0 Å². The van der Waals surface area contributed by atoms with Crippen LogP contribution in [-0.2, 0) is 4.74 Å². The van der Waals surface area contributed by atoms with Crippen LogP contribution in [0.3, 0.4) is 0 Å².